The smallest absolute Gasteiger partial charge is 0.329 e. The second-order valence-corrected chi connectivity index (χ2v) is 4.64. The van der Waals surface area contributed by atoms with Crippen molar-refractivity contribution in [1.29, 1.82) is 0 Å². The Bertz CT molecular complexity index is 416. The number of hydrazine groups is 1. The van der Waals surface area contributed by atoms with Gasteiger partial charge in [0.25, 0.3) is 0 Å². The van der Waals surface area contributed by atoms with Crippen LogP contribution in [0, 0.1) is 10.1 Å². The molecule has 1 aromatic rings. The number of nitrogen functional groups attached to an aromatic ring is 1. The molecule has 0 aliphatic carbocycles. The van der Waals surface area contributed by atoms with Crippen molar-refractivity contribution in [2.24, 2.45) is 5.84 Å². The van der Waals surface area contributed by atoms with E-state index in [0.717, 1.165) is 18.4 Å². The Kier molecular flexibility index (Phi) is 5.59. The molecule has 0 radical (unpaired) electrons. The van der Waals surface area contributed by atoms with Gasteiger partial charge in [-0.15, -0.1) is 0 Å². The highest BCUT2D eigenvalue weighted by Crippen LogP contribution is 2.23. The molecule has 18 heavy (non-hydrogen) atoms. The van der Waals surface area contributed by atoms with Crippen LogP contribution in [0.2, 0.25) is 0 Å². The lowest BCUT2D eigenvalue weighted by Crippen LogP contribution is -2.19. The second-order valence-electron chi connectivity index (χ2n) is 3.66. The summed E-state index contributed by atoms with van der Waals surface area (Å²) in [7, 11) is 0. The van der Waals surface area contributed by atoms with Crippen molar-refractivity contribution in [1.82, 2.24) is 9.97 Å². The van der Waals surface area contributed by atoms with Crippen molar-refractivity contribution < 1.29 is 4.92 Å². The number of nitro groups is 1. The zero-order chi connectivity index (χ0) is 13.5. The van der Waals surface area contributed by atoms with E-state index in [1.54, 1.807) is 11.8 Å². The summed E-state index contributed by atoms with van der Waals surface area (Å²) in [5.74, 6) is 6.46. The highest BCUT2D eigenvalue weighted by Gasteiger charge is 2.18. The Morgan fingerprint density at radius 3 is 2.94 bits per heavy atom. The highest BCUT2D eigenvalue weighted by atomic mass is 32.2. The number of aromatic nitrogens is 2. The van der Waals surface area contributed by atoms with Crippen LogP contribution >= 0.6 is 11.8 Å². The maximum absolute atomic E-state index is 10.8. The summed E-state index contributed by atoms with van der Waals surface area (Å²) in [6.45, 7) is 1.94. The second kappa shape index (κ2) is 6.97. The molecule has 0 spiro atoms. The largest absolute Gasteiger partial charge is 0.362 e. The number of anilines is 2. The van der Waals surface area contributed by atoms with Gasteiger partial charge in [-0.3, -0.25) is 15.5 Å². The van der Waals surface area contributed by atoms with Crippen LogP contribution in [-0.4, -0.2) is 32.9 Å². The molecule has 1 unspecified atom stereocenters. The molecule has 1 rings (SSSR count). The van der Waals surface area contributed by atoms with Crippen molar-refractivity contribution in [3.63, 3.8) is 0 Å². The molecule has 1 aromatic heterocycles. The predicted octanol–water partition coefficient (Wildman–Crippen LogP) is 1.22. The maximum Gasteiger partial charge on any atom is 0.329 e. The van der Waals surface area contributed by atoms with Crippen LogP contribution in [0.1, 0.15) is 13.3 Å². The minimum absolute atomic E-state index is 0.0803. The highest BCUT2D eigenvalue weighted by molar-refractivity contribution is 7.98. The van der Waals surface area contributed by atoms with Crippen LogP contribution in [0.4, 0.5) is 17.5 Å². The van der Waals surface area contributed by atoms with Gasteiger partial charge in [0.1, 0.15) is 6.20 Å². The molecule has 1 atom stereocenters. The van der Waals surface area contributed by atoms with Crippen molar-refractivity contribution in [2.45, 2.75) is 19.4 Å². The molecule has 4 N–H and O–H groups in total. The van der Waals surface area contributed by atoms with E-state index in [4.69, 9.17) is 5.84 Å². The number of hydrogen-bond donors (Lipinski definition) is 3. The van der Waals surface area contributed by atoms with E-state index in [1.807, 2.05) is 13.2 Å². The first-order chi connectivity index (χ1) is 8.58. The summed E-state index contributed by atoms with van der Waals surface area (Å²) in [5, 5.41) is 13.8. The van der Waals surface area contributed by atoms with E-state index in [2.05, 4.69) is 20.7 Å². The fraction of sp³-hybridized carbons (Fsp3) is 0.556. The first kappa shape index (κ1) is 14.5. The Balaban J connectivity index is 2.86. The average molecular weight is 272 g/mol. The van der Waals surface area contributed by atoms with Gasteiger partial charge in [0.15, 0.2) is 0 Å². The summed E-state index contributed by atoms with van der Waals surface area (Å²) >= 11 is 1.72. The molecule has 8 nitrogen and oxygen atoms in total. The molecule has 0 aliphatic rings. The van der Waals surface area contributed by atoms with Gasteiger partial charge >= 0.3 is 5.69 Å². The monoisotopic (exact) mass is 272 g/mol. The minimum Gasteiger partial charge on any atom is -0.362 e. The molecule has 0 bridgehead atoms. The van der Waals surface area contributed by atoms with Crippen molar-refractivity contribution in [3.05, 3.63) is 16.3 Å². The van der Waals surface area contributed by atoms with Gasteiger partial charge in [0, 0.05) is 6.04 Å². The van der Waals surface area contributed by atoms with Crippen LogP contribution < -0.4 is 16.6 Å². The van der Waals surface area contributed by atoms with E-state index in [1.165, 1.54) is 0 Å². The van der Waals surface area contributed by atoms with Crippen LogP contribution in [0.25, 0.3) is 0 Å². The average Bonchev–Trinajstić information content (AvgIpc) is 2.35. The topological polar surface area (TPSA) is 119 Å². The molecule has 0 aliphatic heterocycles. The van der Waals surface area contributed by atoms with E-state index in [0.29, 0.717) is 0 Å². The van der Waals surface area contributed by atoms with E-state index < -0.39 is 4.92 Å². The molecule has 9 heteroatoms. The van der Waals surface area contributed by atoms with Crippen LogP contribution in [-0.2, 0) is 0 Å². The zero-order valence-corrected chi connectivity index (χ0v) is 11.0. The summed E-state index contributed by atoms with van der Waals surface area (Å²) in [6, 6.07) is 0.0803. The van der Waals surface area contributed by atoms with Gasteiger partial charge in [0.05, 0.1) is 4.92 Å². The molecule has 100 valence electrons. The van der Waals surface area contributed by atoms with E-state index in [-0.39, 0.29) is 23.5 Å². The predicted molar refractivity (Wildman–Crippen MR) is 72.6 cm³/mol. The standard InChI is InChI=1S/C9H16N6O2S/c1-6(3-4-18-2)12-8-7(15(16)17)5-11-9(13-8)14-10/h5-6H,3-4,10H2,1-2H3,(H2,11,12,13,14). The normalized spacial score (nSPS) is 11.9. The molecular weight excluding hydrogens is 256 g/mol. The van der Waals surface area contributed by atoms with Crippen molar-refractivity contribution in [3.8, 4) is 0 Å². The fourth-order valence-electron chi connectivity index (χ4n) is 1.29. The Morgan fingerprint density at radius 2 is 2.39 bits per heavy atom. The summed E-state index contributed by atoms with van der Waals surface area (Å²) in [6.07, 6.45) is 4.02. The minimum atomic E-state index is -0.524. The SMILES string of the molecule is CSCCC(C)Nc1nc(NN)ncc1[N+](=O)[O-]. The molecular formula is C9H16N6O2S. The quantitative estimate of drug-likeness (QED) is 0.385. The maximum atomic E-state index is 10.8. The molecule has 0 saturated heterocycles. The Labute approximate surface area is 109 Å². The van der Waals surface area contributed by atoms with Gasteiger partial charge in [-0.1, -0.05) is 0 Å². The molecule has 0 amide bonds. The lowest BCUT2D eigenvalue weighted by Gasteiger charge is -2.14. The third-order valence-electron chi connectivity index (χ3n) is 2.23. The number of nitrogens with one attached hydrogen (secondary N) is 2. The van der Waals surface area contributed by atoms with Crippen molar-refractivity contribution >= 4 is 29.2 Å². The molecule has 0 aromatic carbocycles. The Morgan fingerprint density at radius 1 is 1.67 bits per heavy atom. The van der Waals surface area contributed by atoms with Crippen LogP contribution in [0.3, 0.4) is 0 Å². The number of thioether (sulfide) groups is 1. The number of nitrogens with two attached hydrogens (primary N) is 1. The van der Waals surface area contributed by atoms with Gasteiger partial charge in [-0.2, -0.15) is 16.7 Å². The summed E-state index contributed by atoms with van der Waals surface area (Å²) in [4.78, 5) is 18.0. The van der Waals surface area contributed by atoms with E-state index in [9.17, 15) is 10.1 Å². The lowest BCUT2D eigenvalue weighted by molar-refractivity contribution is -0.384. The third-order valence-corrected chi connectivity index (χ3v) is 2.88. The first-order valence-electron chi connectivity index (χ1n) is 5.32. The van der Waals surface area contributed by atoms with Crippen LogP contribution in [0.15, 0.2) is 6.20 Å². The molecule has 0 fully saturated rings. The fourth-order valence-corrected chi connectivity index (χ4v) is 1.87. The summed E-state index contributed by atoms with van der Waals surface area (Å²) in [5.41, 5.74) is 2.10. The van der Waals surface area contributed by atoms with Gasteiger partial charge in [0.2, 0.25) is 11.8 Å². The van der Waals surface area contributed by atoms with Gasteiger partial charge < -0.3 is 5.32 Å². The van der Waals surface area contributed by atoms with Crippen molar-refractivity contribution in [2.75, 3.05) is 22.8 Å². The number of hydrogen-bond acceptors (Lipinski definition) is 8. The third kappa shape index (κ3) is 4.00. The number of rotatable bonds is 7. The Hall–Kier alpha value is -1.61. The lowest BCUT2D eigenvalue weighted by atomic mass is 10.2. The molecule has 1 heterocycles. The molecule has 0 saturated carbocycles. The number of nitrogens with zero attached hydrogens (tertiary/aromatic N) is 3. The first-order valence-corrected chi connectivity index (χ1v) is 6.71. The van der Waals surface area contributed by atoms with Gasteiger partial charge in [-0.25, -0.2) is 10.8 Å². The van der Waals surface area contributed by atoms with Crippen LogP contribution in [0.5, 0.6) is 0 Å². The van der Waals surface area contributed by atoms with E-state index >= 15 is 0 Å². The van der Waals surface area contributed by atoms with Gasteiger partial charge in [-0.05, 0) is 25.4 Å². The zero-order valence-electron chi connectivity index (χ0n) is 10.2. The summed E-state index contributed by atoms with van der Waals surface area (Å²) < 4.78 is 0.